The monoisotopic (exact) mass is 230 g/mol. The minimum absolute atomic E-state index is 0.164. The van der Waals surface area contributed by atoms with Crippen molar-refractivity contribution in [3.05, 3.63) is 35.9 Å². The summed E-state index contributed by atoms with van der Waals surface area (Å²) >= 11 is 0. The lowest BCUT2D eigenvalue weighted by Gasteiger charge is -2.15. The highest BCUT2D eigenvalue weighted by atomic mass is 31.2. The Hall–Kier alpha value is -0.510. The topological polar surface area (TPSA) is 47.9 Å². The molecule has 0 aliphatic carbocycles. The summed E-state index contributed by atoms with van der Waals surface area (Å²) in [5.41, 5.74) is 0.819. The fraction of sp³-hybridized carbons (Fsp3) is 0.400. The second-order valence-electron chi connectivity index (χ2n) is 2.81. The molecule has 5 heteroatoms. The summed E-state index contributed by atoms with van der Waals surface area (Å²) in [4.78, 5) is 0. The van der Waals surface area contributed by atoms with Gasteiger partial charge in [0.15, 0.2) is 0 Å². The van der Waals surface area contributed by atoms with Crippen LogP contribution in [0.25, 0.3) is 0 Å². The van der Waals surface area contributed by atoms with E-state index < -0.39 is 14.7 Å². The number of rotatable bonds is 6. The molecule has 1 aromatic carbocycles. The number of aliphatic hydroxyl groups excluding tert-OH is 1. The molecule has 0 saturated heterocycles. The van der Waals surface area contributed by atoms with E-state index in [4.69, 9.17) is 13.6 Å². The van der Waals surface area contributed by atoms with Gasteiger partial charge in [0.05, 0.1) is 6.61 Å². The van der Waals surface area contributed by atoms with E-state index in [-0.39, 0.29) is 6.61 Å². The van der Waals surface area contributed by atoms with Crippen LogP contribution in [-0.2, 0) is 13.6 Å². The van der Waals surface area contributed by atoms with Crippen LogP contribution in [0.3, 0.4) is 0 Å². The molecule has 0 aromatic heterocycles. The minimum atomic E-state index is -1.34. The summed E-state index contributed by atoms with van der Waals surface area (Å²) in [6.45, 7) is 0.164. The van der Waals surface area contributed by atoms with Crippen LogP contribution in [0.4, 0.5) is 0 Å². The molecule has 15 heavy (non-hydrogen) atoms. The van der Waals surface area contributed by atoms with Crippen LogP contribution in [-0.4, -0.2) is 25.9 Å². The summed E-state index contributed by atoms with van der Waals surface area (Å²) in [6.07, 6.45) is -0.651. The van der Waals surface area contributed by atoms with Gasteiger partial charge in [0, 0.05) is 14.2 Å². The number of hydrogen-bond acceptors (Lipinski definition) is 4. The van der Waals surface area contributed by atoms with E-state index in [0.717, 1.165) is 5.56 Å². The van der Waals surface area contributed by atoms with E-state index in [1.807, 2.05) is 30.3 Å². The normalized spacial score (nSPS) is 13.1. The van der Waals surface area contributed by atoms with Gasteiger partial charge < -0.3 is 18.7 Å². The minimum Gasteiger partial charge on any atom is -0.386 e. The van der Waals surface area contributed by atoms with E-state index >= 15 is 0 Å². The summed E-state index contributed by atoms with van der Waals surface area (Å²) in [5.74, 6) is 0. The molecule has 0 radical (unpaired) electrons. The van der Waals surface area contributed by atoms with Gasteiger partial charge in [-0.15, -0.1) is 0 Å². The van der Waals surface area contributed by atoms with Crippen molar-refractivity contribution < 1.29 is 18.7 Å². The van der Waals surface area contributed by atoms with Crippen LogP contribution in [0, 0.1) is 0 Å². The standard InChI is InChI=1S/C10H15O4P/c1-12-15(13-2)14-8-10(11)9-6-4-3-5-7-9/h3-7,10-11H,8H2,1-2H3. The maximum Gasteiger partial charge on any atom is 0.332 e. The zero-order valence-corrected chi connectivity index (χ0v) is 9.68. The Bertz CT molecular complexity index is 263. The Labute approximate surface area is 90.8 Å². The van der Waals surface area contributed by atoms with Gasteiger partial charge in [-0.2, -0.15) is 0 Å². The number of benzene rings is 1. The third-order valence-electron chi connectivity index (χ3n) is 1.82. The zero-order valence-electron chi connectivity index (χ0n) is 8.79. The lowest BCUT2D eigenvalue weighted by Crippen LogP contribution is -2.05. The first-order chi connectivity index (χ1) is 7.27. The largest absolute Gasteiger partial charge is 0.386 e. The third kappa shape index (κ3) is 4.24. The van der Waals surface area contributed by atoms with Crippen molar-refractivity contribution in [1.29, 1.82) is 0 Å². The molecule has 0 fully saturated rings. The molecule has 0 spiro atoms. The van der Waals surface area contributed by atoms with Gasteiger partial charge in [-0.05, 0) is 5.56 Å². The maximum absolute atomic E-state index is 9.73. The Morgan fingerprint density at radius 3 is 2.33 bits per heavy atom. The molecule has 0 aliphatic rings. The Morgan fingerprint density at radius 2 is 1.80 bits per heavy atom. The van der Waals surface area contributed by atoms with Crippen molar-refractivity contribution >= 4 is 8.60 Å². The lowest BCUT2D eigenvalue weighted by atomic mass is 10.1. The van der Waals surface area contributed by atoms with Crippen molar-refractivity contribution in [2.75, 3.05) is 20.8 Å². The van der Waals surface area contributed by atoms with E-state index in [1.54, 1.807) is 0 Å². The molecule has 0 bridgehead atoms. The molecule has 1 atom stereocenters. The highest BCUT2D eigenvalue weighted by molar-refractivity contribution is 7.41. The summed E-state index contributed by atoms with van der Waals surface area (Å²) in [5, 5.41) is 9.73. The van der Waals surface area contributed by atoms with Crippen LogP contribution < -0.4 is 0 Å². The Balaban J connectivity index is 2.39. The molecular formula is C10H15O4P. The Morgan fingerprint density at radius 1 is 1.20 bits per heavy atom. The second-order valence-corrected chi connectivity index (χ2v) is 4.25. The van der Waals surface area contributed by atoms with Crippen molar-refractivity contribution in [3.63, 3.8) is 0 Å². The fourth-order valence-electron chi connectivity index (χ4n) is 1.08. The van der Waals surface area contributed by atoms with Crippen LogP contribution in [0.5, 0.6) is 0 Å². The van der Waals surface area contributed by atoms with Gasteiger partial charge in [0.2, 0.25) is 0 Å². The molecule has 0 amide bonds. The third-order valence-corrected chi connectivity index (χ3v) is 2.78. The molecule has 0 aliphatic heterocycles. The number of aliphatic hydroxyl groups is 1. The van der Waals surface area contributed by atoms with Crippen molar-refractivity contribution in [2.24, 2.45) is 0 Å². The number of hydrogen-bond donors (Lipinski definition) is 1. The van der Waals surface area contributed by atoms with Gasteiger partial charge in [-0.1, -0.05) is 30.3 Å². The predicted molar refractivity (Wildman–Crippen MR) is 58.3 cm³/mol. The average molecular weight is 230 g/mol. The molecule has 1 rings (SSSR count). The first-order valence-corrected chi connectivity index (χ1v) is 5.61. The van der Waals surface area contributed by atoms with Gasteiger partial charge in [0.1, 0.15) is 6.10 Å². The van der Waals surface area contributed by atoms with Gasteiger partial charge >= 0.3 is 8.60 Å². The highest BCUT2D eigenvalue weighted by Gasteiger charge is 2.12. The van der Waals surface area contributed by atoms with Crippen LogP contribution in [0.1, 0.15) is 11.7 Å². The smallest absolute Gasteiger partial charge is 0.332 e. The van der Waals surface area contributed by atoms with E-state index in [0.29, 0.717) is 0 Å². The van der Waals surface area contributed by atoms with E-state index in [9.17, 15) is 5.11 Å². The molecule has 4 nitrogen and oxygen atoms in total. The molecule has 0 saturated carbocycles. The quantitative estimate of drug-likeness (QED) is 0.761. The highest BCUT2D eigenvalue weighted by Crippen LogP contribution is 2.38. The zero-order chi connectivity index (χ0) is 11.1. The Kier molecular flexibility index (Phi) is 5.76. The lowest BCUT2D eigenvalue weighted by molar-refractivity contribution is 0.0915. The molecule has 84 valence electrons. The fourth-order valence-corrected chi connectivity index (χ4v) is 1.71. The van der Waals surface area contributed by atoms with Crippen LogP contribution in [0.2, 0.25) is 0 Å². The van der Waals surface area contributed by atoms with E-state index in [2.05, 4.69) is 0 Å². The van der Waals surface area contributed by atoms with Crippen molar-refractivity contribution in [2.45, 2.75) is 6.10 Å². The van der Waals surface area contributed by atoms with Gasteiger partial charge in [0.25, 0.3) is 0 Å². The average Bonchev–Trinajstić information content (AvgIpc) is 2.31. The first kappa shape index (κ1) is 12.6. The van der Waals surface area contributed by atoms with Gasteiger partial charge in [-0.25, -0.2) is 0 Å². The molecule has 1 N–H and O–H groups in total. The van der Waals surface area contributed by atoms with Crippen molar-refractivity contribution in [3.8, 4) is 0 Å². The summed E-state index contributed by atoms with van der Waals surface area (Å²) in [6, 6.07) is 9.32. The van der Waals surface area contributed by atoms with Crippen LogP contribution >= 0.6 is 8.60 Å². The SMILES string of the molecule is COP(OC)OCC(O)c1ccccc1. The predicted octanol–water partition coefficient (Wildman–Crippen LogP) is 2.26. The van der Waals surface area contributed by atoms with Gasteiger partial charge in [-0.3, -0.25) is 0 Å². The first-order valence-electron chi connectivity index (χ1n) is 4.52. The molecular weight excluding hydrogens is 215 g/mol. The van der Waals surface area contributed by atoms with Crippen LogP contribution in [0.15, 0.2) is 30.3 Å². The van der Waals surface area contributed by atoms with E-state index in [1.165, 1.54) is 14.2 Å². The molecule has 0 heterocycles. The molecule has 1 unspecified atom stereocenters. The van der Waals surface area contributed by atoms with Crippen molar-refractivity contribution in [1.82, 2.24) is 0 Å². The summed E-state index contributed by atoms with van der Waals surface area (Å²) in [7, 11) is 1.67. The summed E-state index contributed by atoms with van der Waals surface area (Å²) < 4.78 is 15.0. The maximum atomic E-state index is 9.73. The second kappa shape index (κ2) is 6.88. The molecule has 1 aromatic rings.